The van der Waals surface area contributed by atoms with E-state index in [4.69, 9.17) is 18.0 Å². The molecule has 1 heterocycles. The van der Waals surface area contributed by atoms with Crippen LogP contribution in [0.2, 0.25) is 0 Å². The molecule has 76 valence electrons. The van der Waals surface area contributed by atoms with Gasteiger partial charge in [0, 0.05) is 5.69 Å². The van der Waals surface area contributed by atoms with Crippen molar-refractivity contribution in [2.45, 2.75) is 38.0 Å². The van der Waals surface area contributed by atoms with Crippen molar-refractivity contribution in [3.05, 3.63) is 16.5 Å². The molecule has 2 rings (SSSR count). The summed E-state index contributed by atoms with van der Waals surface area (Å²) < 4.78 is 0.505. The van der Waals surface area contributed by atoms with Crippen LogP contribution in [0.25, 0.3) is 0 Å². The predicted octanol–water partition coefficient (Wildman–Crippen LogP) is 2.77. The molecule has 14 heavy (non-hydrogen) atoms. The zero-order valence-corrected chi connectivity index (χ0v) is 8.94. The van der Waals surface area contributed by atoms with Gasteiger partial charge in [0.1, 0.15) is 5.82 Å². The van der Waals surface area contributed by atoms with E-state index in [9.17, 15) is 0 Å². The zero-order valence-electron chi connectivity index (χ0n) is 8.12. The van der Waals surface area contributed by atoms with Gasteiger partial charge in [0.15, 0.2) is 4.77 Å². The van der Waals surface area contributed by atoms with Gasteiger partial charge in [-0.3, -0.25) is 0 Å². The molecule has 1 aromatic heterocycles. The van der Waals surface area contributed by atoms with Crippen LogP contribution in [0.5, 0.6) is 0 Å². The third kappa shape index (κ3) is 2.12. The number of anilines is 1. The third-order valence-corrected chi connectivity index (χ3v) is 3.02. The van der Waals surface area contributed by atoms with Crippen LogP contribution in [-0.2, 0) is 0 Å². The van der Waals surface area contributed by atoms with Gasteiger partial charge in [-0.05, 0) is 37.0 Å². The van der Waals surface area contributed by atoms with Gasteiger partial charge >= 0.3 is 0 Å². The molecule has 0 spiro atoms. The summed E-state index contributed by atoms with van der Waals surface area (Å²) in [6.07, 6.45) is 6.47. The van der Waals surface area contributed by atoms with Crippen LogP contribution in [0.4, 0.5) is 5.82 Å². The molecule has 0 bridgehead atoms. The fourth-order valence-corrected chi connectivity index (χ4v) is 2.35. The summed E-state index contributed by atoms with van der Waals surface area (Å²) in [5, 5.41) is 0. The van der Waals surface area contributed by atoms with E-state index in [0.29, 0.717) is 16.5 Å². The molecule has 0 amide bonds. The lowest BCUT2D eigenvalue weighted by atomic mass is 9.87. The minimum Gasteiger partial charge on any atom is -0.384 e. The SMILES string of the molecule is Nc1cc(C2CCCCC2)[nH]c(=S)n1. The molecule has 4 heteroatoms. The van der Waals surface area contributed by atoms with Gasteiger partial charge in [-0.1, -0.05) is 19.3 Å². The first-order valence-electron chi connectivity index (χ1n) is 5.12. The number of aromatic nitrogens is 2. The Morgan fingerprint density at radius 3 is 2.71 bits per heavy atom. The number of rotatable bonds is 1. The van der Waals surface area contributed by atoms with E-state index < -0.39 is 0 Å². The Balaban J connectivity index is 2.26. The molecule has 0 aliphatic heterocycles. The summed E-state index contributed by atoms with van der Waals surface area (Å²) in [7, 11) is 0. The highest BCUT2D eigenvalue weighted by atomic mass is 32.1. The predicted molar refractivity (Wildman–Crippen MR) is 59.7 cm³/mol. The van der Waals surface area contributed by atoms with Crippen LogP contribution in [-0.4, -0.2) is 9.97 Å². The molecular formula is C10H15N3S. The van der Waals surface area contributed by atoms with Crippen LogP contribution in [0, 0.1) is 4.77 Å². The van der Waals surface area contributed by atoms with Gasteiger partial charge in [0.2, 0.25) is 0 Å². The number of hydrogen-bond acceptors (Lipinski definition) is 3. The van der Waals surface area contributed by atoms with E-state index in [2.05, 4.69) is 9.97 Å². The largest absolute Gasteiger partial charge is 0.384 e. The van der Waals surface area contributed by atoms with Crippen molar-refractivity contribution in [1.82, 2.24) is 9.97 Å². The lowest BCUT2D eigenvalue weighted by Gasteiger charge is -2.21. The monoisotopic (exact) mass is 209 g/mol. The van der Waals surface area contributed by atoms with Crippen LogP contribution < -0.4 is 5.73 Å². The van der Waals surface area contributed by atoms with Crippen molar-refractivity contribution in [1.29, 1.82) is 0 Å². The molecule has 3 N–H and O–H groups in total. The minimum absolute atomic E-state index is 0.505. The summed E-state index contributed by atoms with van der Waals surface area (Å²) in [6, 6.07) is 1.92. The summed E-state index contributed by atoms with van der Waals surface area (Å²) in [5.41, 5.74) is 6.84. The zero-order chi connectivity index (χ0) is 9.97. The smallest absolute Gasteiger partial charge is 0.198 e. The first-order chi connectivity index (χ1) is 6.75. The number of aromatic amines is 1. The average Bonchev–Trinajstić information content (AvgIpc) is 2.18. The molecule has 0 aromatic carbocycles. The number of nitrogens with two attached hydrogens (primary N) is 1. The van der Waals surface area contributed by atoms with Crippen molar-refractivity contribution in [3.63, 3.8) is 0 Å². The summed E-state index contributed by atoms with van der Waals surface area (Å²) in [6.45, 7) is 0. The highest BCUT2D eigenvalue weighted by Gasteiger charge is 2.16. The Morgan fingerprint density at radius 2 is 2.07 bits per heavy atom. The van der Waals surface area contributed by atoms with Crippen molar-refractivity contribution >= 4 is 18.0 Å². The second kappa shape index (κ2) is 4.09. The van der Waals surface area contributed by atoms with E-state index >= 15 is 0 Å². The normalized spacial score (nSPS) is 18.3. The first-order valence-corrected chi connectivity index (χ1v) is 5.53. The minimum atomic E-state index is 0.505. The second-order valence-corrected chi connectivity index (χ2v) is 4.29. The fourth-order valence-electron chi connectivity index (χ4n) is 2.13. The molecule has 1 aliphatic carbocycles. The van der Waals surface area contributed by atoms with Gasteiger partial charge in [0.05, 0.1) is 0 Å². The molecule has 1 aliphatic rings. The van der Waals surface area contributed by atoms with Gasteiger partial charge < -0.3 is 10.7 Å². The second-order valence-electron chi connectivity index (χ2n) is 3.90. The third-order valence-electron chi connectivity index (χ3n) is 2.83. The van der Waals surface area contributed by atoms with Crippen molar-refractivity contribution < 1.29 is 0 Å². The average molecular weight is 209 g/mol. The van der Waals surface area contributed by atoms with Gasteiger partial charge in [0.25, 0.3) is 0 Å². The van der Waals surface area contributed by atoms with Gasteiger partial charge in [-0.2, -0.15) is 0 Å². The Kier molecular flexibility index (Phi) is 2.82. The fraction of sp³-hybridized carbons (Fsp3) is 0.600. The summed E-state index contributed by atoms with van der Waals surface area (Å²) in [5.74, 6) is 1.14. The number of nitrogens with one attached hydrogen (secondary N) is 1. The molecule has 0 saturated heterocycles. The highest BCUT2D eigenvalue weighted by molar-refractivity contribution is 7.71. The molecule has 0 atom stereocenters. The molecule has 0 unspecified atom stereocenters. The number of H-pyrrole nitrogens is 1. The lowest BCUT2D eigenvalue weighted by molar-refractivity contribution is 0.436. The Labute approximate surface area is 88.8 Å². The van der Waals surface area contributed by atoms with Gasteiger partial charge in [-0.15, -0.1) is 0 Å². The van der Waals surface area contributed by atoms with E-state index in [1.807, 2.05) is 6.07 Å². The number of nitrogen functional groups attached to an aromatic ring is 1. The Hall–Kier alpha value is -0.900. The highest BCUT2D eigenvalue weighted by Crippen LogP contribution is 2.31. The molecule has 1 saturated carbocycles. The molecule has 1 aromatic rings. The van der Waals surface area contributed by atoms with E-state index in [0.717, 1.165) is 0 Å². The summed E-state index contributed by atoms with van der Waals surface area (Å²) in [4.78, 5) is 7.11. The maximum Gasteiger partial charge on any atom is 0.198 e. The Bertz CT molecular complexity index is 366. The molecule has 0 radical (unpaired) electrons. The summed E-state index contributed by atoms with van der Waals surface area (Å²) >= 11 is 5.01. The van der Waals surface area contributed by atoms with Crippen LogP contribution in [0.1, 0.15) is 43.7 Å². The standard InChI is InChI=1S/C10H15N3S/c11-9-6-8(12-10(14)13-9)7-4-2-1-3-5-7/h6-7H,1-5H2,(H3,11,12,13,14). The van der Waals surface area contributed by atoms with Crippen molar-refractivity contribution in [2.24, 2.45) is 0 Å². The van der Waals surface area contributed by atoms with E-state index in [1.54, 1.807) is 0 Å². The van der Waals surface area contributed by atoms with E-state index in [1.165, 1.54) is 37.8 Å². The topological polar surface area (TPSA) is 54.7 Å². The van der Waals surface area contributed by atoms with Crippen LogP contribution >= 0.6 is 12.2 Å². The molecule has 1 fully saturated rings. The maximum absolute atomic E-state index is 5.67. The van der Waals surface area contributed by atoms with Gasteiger partial charge in [-0.25, -0.2) is 4.98 Å². The molecular weight excluding hydrogens is 194 g/mol. The first kappa shape index (κ1) is 9.65. The van der Waals surface area contributed by atoms with Crippen LogP contribution in [0.15, 0.2) is 6.07 Å². The quantitative estimate of drug-likeness (QED) is 0.699. The number of nitrogens with zero attached hydrogens (tertiary/aromatic N) is 1. The van der Waals surface area contributed by atoms with Crippen LogP contribution in [0.3, 0.4) is 0 Å². The molecule has 3 nitrogen and oxygen atoms in total. The maximum atomic E-state index is 5.67. The number of hydrogen-bond donors (Lipinski definition) is 2. The van der Waals surface area contributed by atoms with E-state index in [-0.39, 0.29) is 0 Å². The Morgan fingerprint density at radius 1 is 1.36 bits per heavy atom. The van der Waals surface area contributed by atoms with Crippen molar-refractivity contribution in [2.75, 3.05) is 5.73 Å². The lowest BCUT2D eigenvalue weighted by Crippen LogP contribution is -2.08. The van der Waals surface area contributed by atoms with Crippen molar-refractivity contribution in [3.8, 4) is 0 Å².